The van der Waals surface area contributed by atoms with Crippen molar-refractivity contribution in [2.45, 2.75) is 18.7 Å². The van der Waals surface area contributed by atoms with Crippen molar-refractivity contribution in [3.63, 3.8) is 0 Å². The fourth-order valence-corrected chi connectivity index (χ4v) is 4.77. The van der Waals surface area contributed by atoms with E-state index < -0.39 is 14.9 Å². The molecule has 0 atom stereocenters. The minimum Gasteiger partial charge on any atom is -0.484 e. The molecule has 1 heterocycles. The Labute approximate surface area is 185 Å². The summed E-state index contributed by atoms with van der Waals surface area (Å²) in [5.74, 6) is -0.104. The molecule has 0 saturated carbocycles. The normalized spacial score (nSPS) is 14.8. The van der Waals surface area contributed by atoms with E-state index >= 15 is 0 Å². The maximum absolute atomic E-state index is 12.8. The molecule has 1 aliphatic heterocycles. The van der Waals surface area contributed by atoms with Gasteiger partial charge in [-0.1, -0.05) is 12.1 Å². The molecular formula is C21H23N3O7S. The molecule has 0 spiro atoms. The van der Waals surface area contributed by atoms with E-state index in [1.54, 1.807) is 6.92 Å². The van der Waals surface area contributed by atoms with E-state index in [0.29, 0.717) is 16.9 Å². The van der Waals surface area contributed by atoms with Crippen molar-refractivity contribution in [1.29, 1.82) is 0 Å². The highest BCUT2D eigenvalue weighted by atomic mass is 32.2. The third-order valence-corrected chi connectivity index (χ3v) is 7.13. The summed E-state index contributed by atoms with van der Waals surface area (Å²) >= 11 is 0. The number of amides is 1. The molecule has 1 aliphatic rings. The van der Waals surface area contributed by atoms with Crippen molar-refractivity contribution in [1.82, 2.24) is 9.21 Å². The van der Waals surface area contributed by atoms with Crippen LogP contribution in [0.3, 0.4) is 0 Å². The molecule has 0 N–H and O–H groups in total. The van der Waals surface area contributed by atoms with Gasteiger partial charge < -0.3 is 9.64 Å². The molecule has 2 aromatic rings. The molecule has 32 heavy (non-hydrogen) atoms. The SMILES string of the molecule is CC(=O)c1ccc(S(=O)(=O)N2CCN(C(=O)COc3ccc([N+](=O)[O-])c(C)c3)CC2)cc1. The minimum atomic E-state index is -3.73. The number of benzene rings is 2. The molecular weight excluding hydrogens is 438 g/mol. The zero-order valence-electron chi connectivity index (χ0n) is 17.7. The van der Waals surface area contributed by atoms with E-state index in [2.05, 4.69) is 0 Å². The Kier molecular flexibility index (Phi) is 6.90. The number of aryl methyl sites for hydroxylation is 1. The van der Waals surface area contributed by atoms with Gasteiger partial charge in [0, 0.05) is 43.4 Å². The second-order valence-electron chi connectivity index (χ2n) is 7.36. The fraction of sp³-hybridized carbons (Fsp3) is 0.333. The lowest BCUT2D eigenvalue weighted by Crippen LogP contribution is -2.51. The van der Waals surface area contributed by atoms with Crippen LogP contribution in [0.2, 0.25) is 0 Å². The van der Waals surface area contributed by atoms with E-state index in [4.69, 9.17) is 4.74 Å². The highest BCUT2D eigenvalue weighted by molar-refractivity contribution is 7.89. The van der Waals surface area contributed by atoms with E-state index in [0.717, 1.165) is 0 Å². The first-order chi connectivity index (χ1) is 15.1. The van der Waals surface area contributed by atoms with Gasteiger partial charge in [0.1, 0.15) is 5.75 Å². The van der Waals surface area contributed by atoms with Gasteiger partial charge in [-0.3, -0.25) is 19.7 Å². The number of carbonyl (C=O) groups is 2. The number of ketones is 1. The second-order valence-corrected chi connectivity index (χ2v) is 9.30. The number of nitrogens with zero attached hydrogens (tertiary/aromatic N) is 3. The van der Waals surface area contributed by atoms with Crippen molar-refractivity contribution in [2.75, 3.05) is 32.8 Å². The predicted molar refractivity (Wildman–Crippen MR) is 115 cm³/mol. The molecule has 1 amide bonds. The van der Waals surface area contributed by atoms with E-state index in [9.17, 15) is 28.1 Å². The highest BCUT2D eigenvalue weighted by Crippen LogP contribution is 2.23. The molecule has 0 aliphatic carbocycles. The maximum atomic E-state index is 12.8. The number of hydrogen-bond acceptors (Lipinski definition) is 7. The van der Waals surface area contributed by atoms with Gasteiger partial charge in [0.05, 0.1) is 9.82 Å². The maximum Gasteiger partial charge on any atom is 0.272 e. The summed E-state index contributed by atoms with van der Waals surface area (Å²) < 4.78 is 32.4. The molecule has 0 aromatic heterocycles. The van der Waals surface area contributed by atoms with Crippen LogP contribution in [0.4, 0.5) is 5.69 Å². The lowest BCUT2D eigenvalue weighted by Gasteiger charge is -2.34. The average Bonchev–Trinajstić information content (AvgIpc) is 2.77. The van der Waals surface area contributed by atoms with Gasteiger partial charge in [0.2, 0.25) is 10.0 Å². The van der Waals surface area contributed by atoms with Crippen LogP contribution in [0.1, 0.15) is 22.8 Å². The van der Waals surface area contributed by atoms with Crippen molar-refractivity contribution in [2.24, 2.45) is 0 Å². The summed E-state index contributed by atoms with van der Waals surface area (Å²) in [6.45, 7) is 3.44. The third-order valence-electron chi connectivity index (χ3n) is 5.22. The molecule has 11 heteroatoms. The standard InChI is InChI=1S/C21H23N3O7S/c1-15-13-18(5-8-20(15)24(27)28)31-14-21(26)22-9-11-23(12-10-22)32(29,30)19-6-3-17(4-7-19)16(2)25/h3-8,13H,9-12,14H2,1-2H3. The molecule has 170 valence electrons. The number of sulfonamides is 1. The van der Waals surface area contributed by atoms with E-state index in [1.165, 1.54) is 58.6 Å². The molecule has 1 fully saturated rings. The number of carbonyl (C=O) groups excluding carboxylic acids is 2. The van der Waals surface area contributed by atoms with Crippen LogP contribution in [-0.2, 0) is 14.8 Å². The number of ether oxygens (including phenoxy) is 1. The van der Waals surface area contributed by atoms with Gasteiger partial charge in [0.25, 0.3) is 11.6 Å². The first-order valence-corrected chi connectivity index (χ1v) is 11.3. The zero-order valence-corrected chi connectivity index (χ0v) is 18.5. The molecule has 1 saturated heterocycles. The molecule has 10 nitrogen and oxygen atoms in total. The first kappa shape index (κ1) is 23.4. The monoisotopic (exact) mass is 461 g/mol. The summed E-state index contributed by atoms with van der Waals surface area (Å²) in [7, 11) is -3.73. The summed E-state index contributed by atoms with van der Waals surface area (Å²) in [5.41, 5.74) is 0.828. The number of Topliss-reactive ketones (excluding diaryl/α,β-unsaturated/α-hetero) is 1. The van der Waals surface area contributed by atoms with Gasteiger partial charge in [0.15, 0.2) is 12.4 Å². The fourth-order valence-electron chi connectivity index (χ4n) is 3.35. The molecule has 3 rings (SSSR count). The van der Waals surface area contributed by atoms with Crippen molar-refractivity contribution in [3.05, 3.63) is 63.7 Å². The Morgan fingerprint density at radius 2 is 1.69 bits per heavy atom. The summed E-state index contributed by atoms with van der Waals surface area (Å²) in [6, 6.07) is 10.0. The highest BCUT2D eigenvalue weighted by Gasteiger charge is 2.30. The van der Waals surface area contributed by atoms with Crippen molar-refractivity contribution in [3.8, 4) is 5.75 Å². The Morgan fingerprint density at radius 3 is 2.22 bits per heavy atom. The van der Waals surface area contributed by atoms with Crippen LogP contribution in [-0.4, -0.2) is 67.0 Å². The Hall–Kier alpha value is -3.31. The number of nitro groups is 1. The smallest absolute Gasteiger partial charge is 0.272 e. The molecule has 2 aromatic carbocycles. The summed E-state index contributed by atoms with van der Waals surface area (Å²) in [4.78, 5) is 35.8. The first-order valence-electron chi connectivity index (χ1n) is 9.86. The van der Waals surface area contributed by atoms with Crippen LogP contribution in [0, 0.1) is 17.0 Å². The summed E-state index contributed by atoms with van der Waals surface area (Å²) in [5, 5.41) is 10.9. The Bertz CT molecular complexity index is 1140. The van der Waals surface area contributed by atoms with Crippen LogP contribution in [0.25, 0.3) is 0 Å². The van der Waals surface area contributed by atoms with Crippen molar-refractivity contribution < 1.29 is 27.7 Å². The largest absolute Gasteiger partial charge is 0.484 e. The van der Waals surface area contributed by atoms with Gasteiger partial charge in [-0.25, -0.2) is 8.42 Å². The van der Waals surface area contributed by atoms with Crippen LogP contribution < -0.4 is 4.74 Å². The summed E-state index contributed by atoms with van der Waals surface area (Å²) in [6.07, 6.45) is 0. The van der Waals surface area contributed by atoms with Gasteiger partial charge >= 0.3 is 0 Å². The van der Waals surface area contributed by atoms with Crippen molar-refractivity contribution >= 4 is 27.4 Å². The molecule has 0 radical (unpaired) electrons. The Morgan fingerprint density at radius 1 is 1.06 bits per heavy atom. The lowest BCUT2D eigenvalue weighted by atomic mass is 10.2. The minimum absolute atomic E-state index is 0.0306. The number of piperazine rings is 1. The Balaban J connectivity index is 1.55. The van der Waals surface area contributed by atoms with Gasteiger partial charge in [-0.05, 0) is 38.1 Å². The predicted octanol–water partition coefficient (Wildman–Crippen LogP) is 2.02. The number of hydrogen-bond donors (Lipinski definition) is 0. The van der Waals surface area contributed by atoms with Crippen LogP contribution in [0.5, 0.6) is 5.75 Å². The average molecular weight is 461 g/mol. The van der Waals surface area contributed by atoms with E-state index in [-0.39, 0.29) is 55.1 Å². The third kappa shape index (κ3) is 5.11. The molecule has 0 bridgehead atoms. The number of rotatable bonds is 7. The topological polar surface area (TPSA) is 127 Å². The lowest BCUT2D eigenvalue weighted by molar-refractivity contribution is -0.385. The van der Waals surface area contributed by atoms with Gasteiger partial charge in [-0.15, -0.1) is 0 Å². The van der Waals surface area contributed by atoms with Crippen LogP contribution in [0.15, 0.2) is 47.4 Å². The van der Waals surface area contributed by atoms with Gasteiger partial charge in [-0.2, -0.15) is 4.31 Å². The second kappa shape index (κ2) is 9.45. The van der Waals surface area contributed by atoms with Crippen LogP contribution >= 0.6 is 0 Å². The zero-order chi connectivity index (χ0) is 23.5. The number of nitro benzene ring substituents is 1. The van der Waals surface area contributed by atoms with E-state index in [1.807, 2.05) is 0 Å². The molecule has 0 unspecified atom stereocenters. The quantitative estimate of drug-likeness (QED) is 0.351.